The summed E-state index contributed by atoms with van der Waals surface area (Å²) in [6.07, 6.45) is 3.67. The normalized spacial score (nSPS) is 11.3. The molecule has 2 nitrogen and oxygen atoms in total. The van der Waals surface area contributed by atoms with Gasteiger partial charge in [-0.05, 0) is 6.42 Å². The summed E-state index contributed by atoms with van der Waals surface area (Å²) < 4.78 is 9.82. The first-order valence-corrected chi connectivity index (χ1v) is 4.13. The summed E-state index contributed by atoms with van der Waals surface area (Å²) in [6, 6.07) is 0. The van der Waals surface area contributed by atoms with Crippen LogP contribution in [0.3, 0.4) is 0 Å². The lowest BCUT2D eigenvalue weighted by Crippen LogP contribution is -1.84. The summed E-state index contributed by atoms with van der Waals surface area (Å²) in [6.45, 7) is 3.03. The Morgan fingerprint density at radius 3 is 2.78 bits per heavy atom. The Morgan fingerprint density at radius 2 is 2.22 bits per heavy atom. The molecule has 0 aliphatic carbocycles. The van der Waals surface area contributed by atoms with Crippen LogP contribution in [-0.4, -0.2) is 13.7 Å². The molecule has 0 bridgehead atoms. The van der Waals surface area contributed by atoms with Gasteiger partial charge >= 0.3 is 0 Å². The van der Waals surface area contributed by atoms with E-state index in [0.29, 0.717) is 0 Å². The lowest BCUT2D eigenvalue weighted by Gasteiger charge is -1.98. The molecule has 0 N–H and O–H groups in total. The molecular weight excluding hydrogens is 135 g/mol. The molecule has 0 aromatic rings. The highest BCUT2D eigenvalue weighted by molar-refractivity contribution is 7.26. The third-order valence-corrected chi connectivity index (χ3v) is 1.48. The second kappa shape index (κ2) is 8.35. The first-order valence-electron chi connectivity index (χ1n) is 3.31. The smallest absolute Gasteiger partial charge is 0.154 e. The van der Waals surface area contributed by atoms with Crippen molar-refractivity contribution in [2.24, 2.45) is 0 Å². The first-order chi connectivity index (χ1) is 4.41. The third kappa shape index (κ3) is 8.35. The van der Waals surface area contributed by atoms with Crippen LogP contribution in [0, 0.1) is 0 Å². The fraction of sp³-hybridized carbons (Fsp3) is 1.00. The SMILES string of the molecule is CCCCCOPOC.[HH]. The molecule has 0 aliphatic rings. The minimum absolute atomic E-state index is 0. The molecule has 0 aromatic heterocycles. The summed E-state index contributed by atoms with van der Waals surface area (Å²) in [5.74, 6) is 0. The molecule has 0 rings (SSSR count). The van der Waals surface area contributed by atoms with Gasteiger partial charge in [-0.15, -0.1) is 0 Å². The Hall–Kier alpha value is 0.350. The lowest BCUT2D eigenvalue weighted by molar-refractivity contribution is 0.293. The standard InChI is InChI=1S/C6H15O2P.H2/c1-3-4-5-6-8-9-7-2;/h9H,3-6H2,1-2H3;1H. The van der Waals surface area contributed by atoms with Crippen LogP contribution in [0.4, 0.5) is 0 Å². The van der Waals surface area contributed by atoms with Crippen LogP contribution >= 0.6 is 9.03 Å². The molecule has 0 spiro atoms. The molecule has 9 heavy (non-hydrogen) atoms. The Labute approximate surface area is 60.4 Å². The predicted molar refractivity (Wildman–Crippen MR) is 42.9 cm³/mol. The number of rotatable bonds is 6. The van der Waals surface area contributed by atoms with Gasteiger partial charge in [0.05, 0.1) is 6.61 Å². The first kappa shape index (κ1) is 9.35. The van der Waals surface area contributed by atoms with Gasteiger partial charge < -0.3 is 9.05 Å². The van der Waals surface area contributed by atoms with E-state index >= 15 is 0 Å². The Bertz CT molecular complexity index is 49.0. The van der Waals surface area contributed by atoms with E-state index in [-0.39, 0.29) is 10.5 Å². The van der Waals surface area contributed by atoms with Gasteiger partial charge in [-0.2, -0.15) is 0 Å². The van der Waals surface area contributed by atoms with Crippen molar-refractivity contribution in [3.05, 3.63) is 0 Å². The number of unbranched alkanes of at least 4 members (excludes halogenated alkanes) is 2. The number of hydrogen-bond acceptors (Lipinski definition) is 2. The van der Waals surface area contributed by atoms with Crippen molar-refractivity contribution < 1.29 is 10.5 Å². The molecule has 0 aromatic carbocycles. The maximum absolute atomic E-state index is 5.09. The molecule has 0 radical (unpaired) electrons. The van der Waals surface area contributed by atoms with Crippen LogP contribution in [0.25, 0.3) is 0 Å². The highest BCUT2D eigenvalue weighted by Gasteiger charge is 1.85. The molecule has 0 aliphatic heterocycles. The fourth-order valence-electron chi connectivity index (χ4n) is 0.525. The lowest BCUT2D eigenvalue weighted by atomic mass is 10.3. The van der Waals surface area contributed by atoms with Crippen LogP contribution in [-0.2, 0) is 9.05 Å². The fourth-order valence-corrected chi connectivity index (χ4v) is 0.870. The van der Waals surface area contributed by atoms with Gasteiger partial charge in [-0.25, -0.2) is 0 Å². The van der Waals surface area contributed by atoms with Crippen LogP contribution in [0.2, 0.25) is 0 Å². The zero-order valence-corrected chi connectivity index (χ0v) is 7.14. The second-order valence-corrected chi connectivity index (χ2v) is 2.71. The van der Waals surface area contributed by atoms with Crippen LogP contribution in [0.1, 0.15) is 27.6 Å². The molecule has 58 valence electrons. The Morgan fingerprint density at radius 1 is 1.44 bits per heavy atom. The van der Waals surface area contributed by atoms with Crippen molar-refractivity contribution in [3.8, 4) is 0 Å². The minimum Gasteiger partial charge on any atom is -0.340 e. The quantitative estimate of drug-likeness (QED) is 0.430. The van der Waals surface area contributed by atoms with E-state index < -0.39 is 0 Å². The average Bonchev–Trinajstić information content (AvgIpc) is 1.89. The molecule has 1 unspecified atom stereocenters. The average molecular weight is 152 g/mol. The zero-order chi connectivity index (χ0) is 6.95. The number of hydrogen-bond donors (Lipinski definition) is 0. The molecule has 0 amide bonds. The van der Waals surface area contributed by atoms with E-state index in [1.165, 1.54) is 12.8 Å². The summed E-state index contributed by atoms with van der Waals surface area (Å²) in [5.41, 5.74) is 0. The summed E-state index contributed by atoms with van der Waals surface area (Å²) in [5, 5.41) is 0. The molecule has 3 heteroatoms. The van der Waals surface area contributed by atoms with Gasteiger partial charge in [-0.1, -0.05) is 19.8 Å². The van der Waals surface area contributed by atoms with Crippen molar-refractivity contribution >= 4 is 9.03 Å². The summed E-state index contributed by atoms with van der Waals surface area (Å²) in [4.78, 5) is 0. The van der Waals surface area contributed by atoms with Gasteiger partial charge in [0.2, 0.25) is 0 Å². The highest BCUT2D eigenvalue weighted by Crippen LogP contribution is 2.11. The predicted octanol–water partition coefficient (Wildman–Crippen LogP) is 2.59. The maximum Gasteiger partial charge on any atom is 0.154 e. The zero-order valence-electron chi connectivity index (χ0n) is 6.14. The van der Waals surface area contributed by atoms with Crippen molar-refractivity contribution in [1.29, 1.82) is 0 Å². The third-order valence-electron chi connectivity index (χ3n) is 0.992. The minimum atomic E-state index is 0. The second-order valence-electron chi connectivity index (χ2n) is 1.84. The van der Waals surface area contributed by atoms with E-state index in [0.717, 1.165) is 13.0 Å². The summed E-state index contributed by atoms with van der Waals surface area (Å²) in [7, 11) is 1.88. The van der Waals surface area contributed by atoms with Gasteiger partial charge in [0.15, 0.2) is 9.03 Å². The maximum atomic E-state index is 5.09. The van der Waals surface area contributed by atoms with Crippen molar-refractivity contribution in [1.82, 2.24) is 0 Å². The monoisotopic (exact) mass is 152 g/mol. The Kier molecular flexibility index (Phi) is 8.67. The van der Waals surface area contributed by atoms with E-state index in [2.05, 4.69) is 6.92 Å². The highest BCUT2D eigenvalue weighted by atomic mass is 31.1. The van der Waals surface area contributed by atoms with Crippen LogP contribution < -0.4 is 0 Å². The molecule has 1 atom stereocenters. The van der Waals surface area contributed by atoms with E-state index in [4.69, 9.17) is 9.05 Å². The largest absolute Gasteiger partial charge is 0.340 e. The topological polar surface area (TPSA) is 18.5 Å². The molecule has 0 fully saturated rings. The van der Waals surface area contributed by atoms with Crippen molar-refractivity contribution in [2.75, 3.05) is 13.7 Å². The van der Waals surface area contributed by atoms with E-state index in [1.54, 1.807) is 7.11 Å². The molecule has 0 saturated carbocycles. The van der Waals surface area contributed by atoms with Crippen molar-refractivity contribution in [2.45, 2.75) is 26.2 Å². The van der Waals surface area contributed by atoms with Gasteiger partial charge in [0.1, 0.15) is 0 Å². The summed E-state index contributed by atoms with van der Waals surface area (Å²) >= 11 is 0. The molecule has 0 heterocycles. The molecular formula is C6H17O2P. The van der Waals surface area contributed by atoms with Gasteiger partial charge in [0, 0.05) is 8.54 Å². The van der Waals surface area contributed by atoms with Crippen LogP contribution in [0.5, 0.6) is 0 Å². The van der Waals surface area contributed by atoms with Crippen molar-refractivity contribution in [3.63, 3.8) is 0 Å². The van der Waals surface area contributed by atoms with Crippen LogP contribution in [0.15, 0.2) is 0 Å². The Balaban J connectivity index is 0. The van der Waals surface area contributed by atoms with Gasteiger partial charge in [0.25, 0.3) is 0 Å². The van der Waals surface area contributed by atoms with E-state index in [9.17, 15) is 0 Å². The van der Waals surface area contributed by atoms with E-state index in [1.807, 2.05) is 0 Å². The van der Waals surface area contributed by atoms with Gasteiger partial charge in [-0.3, -0.25) is 0 Å². The molecule has 0 saturated heterocycles.